The summed E-state index contributed by atoms with van der Waals surface area (Å²) >= 11 is 4.02. The topological polar surface area (TPSA) is 75.7 Å². The first kappa shape index (κ1) is 22.9. The van der Waals surface area contributed by atoms with Crippen LogP contribution in [0.2, 0.25) is 0 Å². The van der Waals surface area contributed by atoms with Crippen LogP contribution in [0.15, 0.2) is 72.8 Å². The van der Waals surface area contributed by atoms with Crippen LogP contribution in [0.1, 0.15) is 51.4 Å². The Hall–Kier alpha value is -3.29. The Kier molecular flexibility index (Phi) is 5.17. The van der Waals surface area contributed by atoms with E-state index in [4.69, 9.17) is 4.74 Å². The summed E-state index contributed by atoms with van der Waals surface area (Å²) in [4.78, 5) is 41.9. The van der Waals surface area contributed by atoms with Crippen molar-refractivity contribution in [2.24, 2.45) is 11.8 Å². The highest BCUT2D eigenvalue weighted by molar-refractivity contribution is 9.09. The minimum Gasteiger partial charge on any atom is -0.376 e. The Morgan fingerprint density at radius 1 is 0.946 bits per heavy atom. The van der Waals surface area contributed by atoms with Crippen LogP contribution in [0.4, 0.5) is 5.69 Å². The summed E-state index contributed by atoms with van der Waals surface area (Å²) in [5.74, 6) is -1.82. The van der Waals surface area contributed by atoms with E-state index >= 15 is 0 Å². The molecule has 3 aliphatic carbocycles. The smallest absolute Gasteiger partial charge is 0.251 e. The SMILES string of the molecule is O=C(NC[C@@H]1CCCO1)c1ccc(N2C(=O)[C@H]3C4c5ccccc5C(Br)(c5ccccc54)[C@H]3C2=O)cc1. The molecule has 2 aliphatic heterocycles. The van der Waals surface area contributed by atoms with Gasteiger partial charge in [-0.3, -0.25) is 14.4 Å². The largest absolute Gasteiger partial charge is 0.376 e. The molecule has 2 heterocycles. The monoisotopic (exact) mass is 556 g/mol. The van der Waals surface area contributed by atoms with Crippen LogP contribution in [-0.2, 0) is 18.7 Å². The van der Waals surface area contributed by atoms with Gasteiger partial charge in [-0.25, -0.2) is 4.90 Å². The van der Waals surface area contributed by atoms with Gasteiger partial charge in [-0.15, -0.1) is 0 Å². The molecule has 37 heavy (non-hydrogen) atoms. The molecule has 2 saturated heterocycles. The third-order valence-electron chi connectivity index (χ3n) is 8.42. The molecule has 3 atom stereocenters. The highest BCUT2D eigenvalue weighted by atomic mass is 79.9. The number of carbonyl (C=O) groups is 3. The zero-order chi connectivity index (χ0) is 25.3. The average Bonchev–Trinajstić information content (AvgIpc) is 3.54. The number of benzene rings is 3. The molecule has 2 bridgehead atoms. The summed E-state index contributed by atoms with van der Waals surface area (Å²) in [7, 11) is 0. The summed E-state index contributed by atoms with van der Waals surface area (Å²) in [5.41, 5.74) is 5.28. The lowest BCUT2D eigenvalue weighted by Gasteiger charge is -2.51. The Morgan fingerprint density at radius 2 is 1.59 bits per heavy atom. The second-order valence-electron chi connectivity index (χ2n) is 10.3. The zero-order valence-corrected chi connectivity index (χ0v) is 21.6. The van der Waals surface area contributed by atoms with E-state index in [2.05, 4.69) is 45.5 Å². The van der Waals surface area contributed by atoms with Gasteiger partial charge in [-0.05, 0) is 59.4 Å². The van der Waals surface area contributed by atoms with Gasteiger partial charge in [0.1, 0.15) is 0 Å². The molecule has 2 fully saturated rings. The molecule has 7 heteroatoms. The van der Waals surface area contributed by atoms with Gasteiger partial charge in [0, 0.05) is 24.6 Å². The van der Waals surface area contributed by atoms with Gasteiger partial charge in [-0.2, -0.15) is 0 Å². The number of alkyl halides is 1. The number of rotatable bonds is 4. The summed E-state index contributed by atoms with van der Waals surface area (Å²) in [6, 6.07) is 23.0. The molecule has 3 aromatic carbocycles. The fourth-order valence-corrected chi connectivity index (χ4v) is 8.01. The van der Waals surface area contributed by atoms with E-state index in [1.807, 2.05) is 24.3 Å². The standard InChI is InChI=1S/C30H25BrN2O4/c31-30-22-9-3-1-7-20(22)24(21-8-2-4-10-23(21)30)25-26(30)29(36)33(28(25)35)18-13-11-17(12-14-18)27(34)32-16-19-6-5-15-37-19/h1-4,7-14,19,24-26H,5-6,15-16H2,(H,32,34)/t19-,24?,25-,26+,30?/m0/s1. The Bertz CT molecular complexity index is 1400. The highest BCUT2D eigenvalue weighted by Gasteiger charge is 2.67. The lowest BCUT2D eigenvalue weighted by molar-refractivity contribution is -0.122. The molecular formula is C30H25BrN2O4. The van der Waals surface area contributed by atoms with Crippen molar-refractivity contribution < 1.29 is 19.1 Å². The molecule has 186 valence electrons. The number of hydrogen-bond donors (Lipinski definition) is 1. The van der Waals surface area contributed by atoms with Gasteiger partial charge in [-0.1, -0.05) is 64.5 Å². The number of anilines is 1. The van der Waals surface area contributed by atoms with E-state index in [9.17, 15) is 14.4 Å². The molecular weight excluding hydrogens is 532 g/mol. The van der Waals surface area contributed by atoms with Crippen LogP contribution in [-0.4, -0.2) is 37.0 Å². The summed E-state index contributed by atoms with van der Waals surface area (Å²) in [6.45, 7) is 1.21. The molecule has 0 saturated carbocycles. The van der Waals surface area contributed by atoms with Crippen LogP contribution in [0.25, 0.3) is 0 Å². The fourth-order valence-electron chi connectivity index (χ4n) is 6.81. The third-order valence-corrected chi connectivity index (χ3v) is 9.76. The molecule has 8 rings (SSSR count). The van der Waals surface area contributed by atoms with Crippen LogP contribution in [0.3, 0.4) is 0 Å². The van der Waals surface area contributed by atoms with Crippen LogP contribution in [0.5, 0.6) is 0 Å². The number of nitrogens with one attached hydrogen (secondary N) is 1. The summed E-state index contributed by atoms with van der Waals surface area (Å²) in [6.07, 6.45) is 2.03. The maximum atomic E-state index is 14.0. The van der Waals surface area contributed by atoms with Crippen molar-refractivity contribution in [2.45, 2.75) is 29.2 Å². The van der Waals surface area contributed by atoms with Gasteiger partial charge >= 0.3 is 0 Å². The maximum absolute atomic E-state index is 14.0. The number of carbonyl (C=O) groups excluding carboxylic acids is 3. The molecule has 6 nitrogen and oxygen atoms in total. The first-order valence-electron chi connectivity index (χ1n) is 12.8. The summed E-state index contributed by atoms with van der Waals surface area (Å²) in [5, 5.41) is 2.92. The number of halogens is 1. The van der Waals surface area contributed by atoms with E-state index in [1.54, 1.807) is 24.3 Å². The second-order valence-corrected chi connectivity index (χ2v) is 11.5. The van der Waals surface area contributed by atoms with Crippen molar-refractivity contribution in [3.8, 4) is 0 Å². The minimum absolute atomic E-state index is 0.0617. The van der Waals surface area contributed by atoms with Crippen LogP contribution >= 0.6 is 15.9 Å². The predicted molar refractivity (Wildman–Crippen MR) is 142 cm³/mol. The lowest BCUT2D eigenvalue weighted by Crippen LogP contribution is -2.50. The quantitative estimate of drug-likeness (QED) is 0.379. The predicted octanol–water partition coefficient (Wildman–Crippen LogP) is 4.50. The van der Waals surface area contributed by atoms with Gasteiger partial charge < -0.3 is 10.1 Å². The number of ether oxygens (including phenoxy) is 1. The molecule has 0 radical (unpaired) electrons. The lowest BCUT2D eigenvalue weighted by atomic mass is 9.55. The van der Waals surface area contributed by atoms with Crippen molar-refractivity contribution in [2.75, 3.05) is 18.1 Å². The Balaban J connectivity index is 1.22. The zero-order valence-electron chi connectivity index (χ0n) is 20.0. The molecule has 3 aromatic rings. The number of amides is 3. The molecule has 0 aromatic heterocycles. The van der Waals surface area contributed by atoms with Crippen LogP contribution < -0.4 is 10.2 Å². The maximum Gasteiger partial charge on any atom is 0.251 e. The summed E-state index contributed by atoms with van der Waals surface area (Å²) < 4.78 is 4.80. The third kappa shape index (κ3) is 3.17. The average molecular weight is 557 g/mol. The van der Waals surface area contributed by atoms with Crippen molar-refractivity contribution in [3.05, 3.63) is 101 Å². The fraction of sp³-hybridized carbons (Fsp3) is 0.300. The minimum atomic E-state index is -0.775. The van der Waals surface area contributed by atoms with Crippen molar-refractivity contribution >= 4 is 39.3 Å². The first-order valence-corrected chi connectivity index (χ1v) is 13.5. The molecule has 5 aliphatic rings. The van der Waals surface area contributed by atoms with Crippen molar-refractivity contribution in [1.29, 1.82) is 0 Å². The van der Waals surface area contributed by atoms with E-state index in [-0.39, 0.29) is 29.7 Å². The highest BCUT2D eigenvalue weighted by Crippen LogP contribution is 2.66. The normalized spacial score (nSPS) is 29.2. The first-order chi connectivity index (χ1) is 18.0. The van der Waals surface area contributed by atoms with E-state index in [1.165, 1.54) is 4.90 Å². The second kappa shape index (κ2) is 8.36. The van der Waals surface area contributed by atoms with Gasteiger partial charge in [0.15, 0.2) is 0 Å². The van der Waals surface area contributed by atoms with Crippen molar-refractivity contribution in [3.63, 3.8) is 0 Å². The molecule has 0 unspecified atom stereocenters. The van der Waals surface area contributed by atoms with Gasteiger partial charge in [0.05, 0.1) is 28.0 Å². The molecule has 0 spiro atoms. The number of imide groups is 1. The Labute approximate surface area is 223 Å². The molecule has 3 amide bonds. The van der Waals surface area contributed by atoms with E-state index < -0.39 is 16.2 Å². The number of nitrogens with zero attached hydrogens (tertiary/aromatic N) is 1. The van der Waals surface area contributed by atoms with Crippen molar-refractivity contribution in [1.82, 2.24) is 5.32 Å². The number of hydrogen-bond acceptors (Lipinski definition) is 4. The van der Waals surface area contributed by atoms with Gasteiger partial charge in [0.25, 0.3) is 5.91 Å². The van der Waals surface area contributed by atoms with E-state index in [0.717, 1.165) is 41.7 Å². The van der Waals surface area contributed by atoms with E-state index in [0.29, 0.717) is 17.8 Å². The van der Waals surface area contributed by atoms with Crippen LogP contribution in [0, 0.1) is 11.8 Å². The molecule has 1 N–H and O–H groups in total. The Morgan fingerprint density at radius 3 is 2.22 bits per heavy atom. The van der Waals surface area contributed by atoms with Gasteiger partial charge in [0.2, 0.25) is 11.8 Å².